The van der Waals surface area contributed by atoms with Gasteiger partial charge in [-0.25, -0.2) is 0 Å². The highest BCUT2D eigenvalue weighted by Gasteiger charge is 2.17. The van der Waals surface area contributed by atoms with Crippen molar-refractivity contribution in [3.8, 4) is 0 Å². The Balaban J connectivity index is 1.89. The third-order valence-corrected chi connectivity index (χ3v) is 3.51. The van der Waals surface area contributed by atoms with Crippen molar-refractivity contribution >= 4 is 0 Å². The smallest absolute Gasteiger partial charge is 0.0417 e. The molecule has 0 atom stereocenters. The fourth-order valence-corrected chi connectivity index (χ4v) is 2.31. The van der Waals surface area contributed by atoms with Crippen LogP contribution in [0, 0.1) is 6.92 Å². The summed E-state index contributed by atoms with van der Waals surface area (Å²) in [5.74, 6) is 0. The summed E-state index contributed by atoms with van der Waals surface area (Å²) >= 11 is 0. The summed E-state index contributed by atoms with van der Waals surface area (Å²) in [6.07, 6.45) is 4.39. The first-order valence-electron chi connectivity index (χ1n) is 6.09. The molecule has 0 aromatic carbocycles. The molecule has 0 bridgehead atoms. The van der Waals surface area contributed by atoms with Gasteiger partial charge in [-0.3, -0.25) is 9.88 Å². The van der Waals surface area contributed by atoms with Gasteiger partial charge in [-0.05, 0) is 51.5 Å². The highest BCUT2D eigenvalue weighted by atomic mass is 15.1. The lowest BCUT2D eigenvalue weighted by Gasteiger charge is -2.31. The summed E-state index contributed by atoms with van der Waals surface area (Å²) in [6.45, 7) is 5.53. The maximum Gasteiger partial charge on any atom is 0.0417 e. The van der Waals surface area contributed by atoms with E-state index < -0.39 is 0 Å². The monoisotopic (exact) mass is 219 g/mol. The predicted molar refractivity (Wildman–Crippen MR) is 66.3 cm³/mol. The molecule has 1 fully saturated rings. The van der Waals surface area contributed by atoms with Gasteiger partial charge in [0.15, 0.2) is 0 Å². The van der Waals surface area contributed by atoms with E-state index in [-0.39, 0.29) is 0 Å². The average Bonchev–Trinajstić information content (AvgIpc) is 2.33. The van der Waals surface area contributed by atoms with Gasteiger partial charge < -0.3 is 5.32 Å². The Morgan fingerprint density at radius 2 is 2.19 bits per heavy atom. The molecule has 3 heteroatoms. The quantitative estimate of drug-likeness (QED) is 0.836. The molecule has 0 radical (unpaired) electrons. The fraction of sp³-hybridized carbons (Fsp3) is 0.615. The number of hydrogen-bond donors (Lipinski definition) is 1. The van der Waals surface area contributed by atoms with Crippen molar-refractivity contribution in [2.24, 2.45) is 0 Å². The lowest BCUT2D eigenvalue weighted by atomic mass is 10.0. The number of nitrogens with one attached hydrogen (secondary N) is 1. The summed E-state index contributed by atoms with van der Waals surface area (Å²) in [4.78, 5) is 6.86. The zero-order valence-electron chi connectivity index (χ0n) is 10.2. The van der Waals surface area contributed by atoms with E-state index >= 15 is 0 Å². The Hall–Kier alpha value is -0.930. The van der Waals surface area contributed by atoms with Crippen LogP contribution in [0.25, 0.3) is 0 Å². The molecule has 1 N–H and O–H groups in total. The summed E-state index contributed by atoms with van der Waals surface area (Å²) in [5, 5.41) is 3.36. The van der Waals surface area contributed by atoms with Gasteiger partial charge in [0.05, 0.1) is 0 Å². The first-order chi connectivity index (χ1) is 7.79. The molecule has 1 aliphatic heterocycles. The van der Waals surface area contributed by atoms with Crippen LogP contribution in [-0.2, 0) is 6.54 Å². The van der Waals surface area contributed by atoms with Crippen molar-refractivity contribution in [3.05, 3.63) is 29.6 Å². The topological polar surface area (TPSA) is 28.2 Å². The normalized spacial score (nSPS) is 18.9. The van der Waals surface area contributed by atoms with Gasteiger partial charge in [0.25, 0.3) is 0 Å². The van der Waals surface area contributed by atoms with Crippen LogP contribution in [0.4, 0.5) is 0 Å². The zero-order valence-corrected chi connectivity index (χ0v) is 10.2. The van der Waals surface area contributed by atoms with Crippen molar-refractivity contribution in [3.63, 3.8) is 0 Å². The van der Waals surface area contributed by atoms with Crippen molar-refractivity contribution in [1.82, 2.24) is 15.2 Å². The second-order valence-electron chi connectivity index (χ2n) is 4.59. The summed E-state index contributed by atoms with van der Waals surface area (Å²) in [7, 11) is 2.06. The maximum absolute atomic E-state index is 4.34. The third kappa shape index (κ3) is 2.80. The number of rotatable bonds is 3. The van der Waals surface area contributed by atoms with Crippen molar-refractivity contribution in [2.75, 3.05) is 20.1 Å². The summed E-state index contributed by atoms with van der Waals surface area (Å²) in [6, 6.07) is 4.93. The predicted octanol–water partition coefficient (Wildman–Crippen LogP) is 1.57. The van der Waals surface area contributed by atoms with Crippen LogP contribution in [0.3, 0.4) is 0 Å². The van der Waals surface area contributed by atoms with Crippen LogP contribution in [-0.4, -0.2) is 36.1 Å². The molecular formula is C13H21N3. The molecule has 16 heavy (non-hydrogen) atoms. The Bertz CT molecular complexity index is 330. The summed E-state index contributed by atoms with van der Waals surface area (Å²) in [5.41, 5.74) is 2.53. The van der Waals surface area contributed by atoms with Gasteiger partial charge in [0.1, 0.15) is 0 Å². The van der Waals surface area contributed by atoms with Crippen LogP contribution < -0.4 is 5.32 Å². The Morgan fingerprint density at radius 1 is 1.44 bits per heavy atom. The van der Waals surface area contributed by atoms with Gasteiger partial charge in [-0.15, -0.1) is 0 Å². The van der Waals surface area contributed by atoms with Crippen LogP contribution in [0.2, 0.25) is 0 Å². The first-order valence-corrected chi connectivity index (χ1v) is 6.09. The van der Waals surface area contributed by atoms with E-state index in [9.17, 15) is 0 Å². The number of aryl methyl sites for hydroxylation is 1. The largest absolute Gasteiger partial charge is 0.317 e. The second-order valence-corrected chi connectivity index (χ2v) is 4.59. The minimum absolute atomic E-state index is 0.714. The average molecular weight is 219 g/mol. The van der Waals surface area contributed by atoms with E-state index in [1.807, 2.05) is 12.3 Å². The van der Waals surface area contributed by atoms with E-state index in [1.54, 1.807) is 0 Å². The zero-order chi connectivity index (χ0) is 11.4. The fourth-order valence-electron chi connectivity index (χ4n) is 2.31. The van der Waals surface area contributed by atoms with Gasteiger partial charge in [0.2, 0.25) is 0 Å². The summed E-state index contributed by atoms with van der Waals surface area (Å²) < 4.78 is 0. The number of nitrogens with zero attached hydrogens (tertiary/aromatic N) is 2. The Kier molecular flexibility index (Phi) is 3.91. The van der Waals surface area contributed by atoms with E-state index in [1.165, 1.54) is 37.2 Å². The number of likely N-dealkylation sites (tertiary alicyclic amines) is 1. The molecule has 1 aromatic rings. The van der Waals surface area contributed by atoms with Crippen molar-refractivity contribution in [2.45, 2.75) is 32.4 Å². The molecule has 1 saturated heterocycles. The Labute approximate surface area is 97.9 Å². The van der Waals surface area contributed by atoms with Crippen molar-refractivity contribution < 1.29 is 0 Å². The molecule has 0 aliphatic carbocycles. The minimum atomic E-state index is 0.714. The second kappa shape index (κ2) is 5.41. The molecule has 0 amide bonds. The van der Waals surface area contributed by atoms with Crippen LogP contribution >= 0.6 is 0 Å². The lowest BCUT2D eigenvalue weighted by molar-refractivity contribution is 0.194. The van der Waals surface area contributed by atoms with E-state index in [2.05, 4.69) is 35.2 Å². The minimum Gasteiger partial charge on any atom is -0.317 e. The lowest BCUT2D eigenvalue weighted by Crippen LogP contribution is -2.40. The molecule has 3 nitrogen and oxygen atoms in total. The molecule has 1 aromatic heterocycles. The highest BCUT2D eigenvalue weighted by molar-refractivity contribution is 5.18. The molecule has 88 valence electrons. The third-order valence-electron chi connectivity index (χ3n) is 3.51. The van der Waals surface area contributed by atoms with Gasteiger partial charge in [-0.1, -0.05) is 6.07 Å². The maximum atomic E-state index is 4.34. The van der Waals surface area contributed by atoms with Crippen LogP contribution in [0.5, 0.6) is 0 Å². The SMILES string of the molecule is CNC1CCN(Cc2cccnc2C)CC1. The van der Waals surface area contributed by atoms with Crippen LogP contribution in [0.1, 0.15) is 24.1 Å². The van der Waals surface area contributed by atoms with E-state index in [4.69, 9.17) is 0 Å². The standard InChI is InChI=1S/C13H21N3/c1-11-12(4-3-7-15-11)10-16-8-5-13(14-2)6-9-16/h3-4,7,13-14H,5-6,8-10H2,1-2H3. The van der Waals surface area contributed by atoms with E-state index in [0.717, 1.165) is 6.54 Å². The van der Waals surface area contributed by atoms with Crippen LogP contribution in [0.15, 0.2) is 18.3 Å². The number of pyridine rings is 1. The van der Waals surface area contributed by atoms with E-state index in [0.29, 0.717) is 6.04 Å². The molecule has 0 unspecified atom stereocenters. The van der Waals surface area contributed by atoms with Gasteiger partial charge in [0, 0.05) is 24.5 Å². The molecular weight excluding hydrogens is 198 g/mol. The van der Waals surface area contributed by atoms with Gasteiger partial charge in [-0.2, -0.15) is 0 Å². The highest BCUT2D eigenvalue weighted by Crippen LogP contribution is 2.14. The number of hydrogen-bond acceptors (Lipinski definition) is 3. The van der Waals surface area contributed by atoms with Crippen molar-refractivity contribution in [1.29, 1.82) is 0 Å². The molecule has 0 spiro atoms. The first kappa shape index (κ1) is 11.6. The molecule has 0 saturated carbocycles. The Morgan fingerprint density at radius 3 is 2.81 bits per heavy atom. The molecule has 2 heterocycles. The molecule has 1 aliphatic rings. The van der Waals surface area contributed by atoms with Gasteiger partial charge >= 0.3 is 0 Å². The number of piperidine rings is 1. The number of aromatic nitrogens is 1. The molecule has 2 rings (SSSR count).